The van der Waals surface area contributed by atoms with E-state index in [1.54, 1.807) is 18.5 Å². The SMILES string of the molecule is O=C(c1ccccn1)N1CCC[C@H](Cc2ccnc3ccncc23)CC1. The summed E-state index contributed by atoms with van der Waals surface area (Å²) in [5.74, 6) is 0.618. The number of hydrogen-bond acceptors (Lipinski definition) is 4. The molecule has 132 valence electrons. The number of nitrogens with zero attached hydrogens (tertiary/aromatic N) is 4. The van der Waals surface area contributed by atoms with Crippen LogP contribution in [-0.4, -0.2) is 38.8 Å². The van der Waals surface area contributed by atoms with Crippen molar-refractivity contribution in [3.05, 3.63) is 66.4 Å². The third kappa shape index (κ3) is 3.57. The zero-order valence-corrected chi connectivity index (χ0v) is 14.7. The molecule has 0 N–H and O–H groups in total. The van der Waals surface area contributed by atoms with Gasteiger partial charge in [0.05, 0.1) is 5.52 Å². The molecule has 1 aliphatic heterocycles. The molecule has 0 bridgehead atoms. The molecular weight excluding hydrogens is 324 g/mol. The number of likely N-dealkylation sites (tertiary alicyclic amines) is 1. The first-order valence-electron chi connectivity index (χ1n) is 9.19. The molecule has 4 rings (SSSR count). The van der Waals surface area contributed by atoms with E-state index < -0.39 is 0 Å². The van der Waals surface area contributed by atoms with Crippen LogP contribution < -0.4 is 0 Å². The molecule has 3 aromatic rings. The van der Waals surface area contributed by atoms with Crippen molar-refractivity contribution in [3.63, 3.8) is 0 Å². The first kappa shape index (κ1) is 16.6. The summed E-state index contributed by atoms with van der Waals surface area (Å²) in [6, 6.07) is 9.55. The predicted octanol–water partition coefficient (Wildman–Crippen LogP) is 3.51. The molecule has 26 heavy (non-hydrogen) atoms. The molecule has 0 unspecified atom stereocenters. The van der Waals surface area contributed by atoms with E-state index in [4.69, 9.17) is 0 Å². The van der Waals surface area contributed by atoms with Crippen molar-refractivity contribution in [2.75, 3.05) is 13.1 Å². The normalized spacial score (nSPS) is 17.8. The van der Waals surface area contributed by atoms with Crippen LogP contribution in [0.5, 0.6) is 0 Å². The second-order valence-electron chi connectivity index (χ2n) is 6.87. The van der Waals surface area contributed by atoms with Crippen LogP contribution in [0.3, 0.4) is 0 Å². The van der Waals surface area contributed by atoms with Crippen LogP contribution in [-0.2, 0) is 6.42 Å². The summed E-state index contributed by atoms with van der Waals surface area (Å²) in [6.07, 6.45) is 11.4. The van der Waals surface area contributed by atoms with Crippen LogP contribution in [0.1, 0.15) is 35.3 Å². The Morgan fingerprint density at radius 1 is 1.04 bits per heavy atom. The maximum atomic E-state index is 12.6. The maximum Gasteiger partial charge on any atom is 0.272 e. The van der Waals surface area contributed by atoms with Gasteiger partial charge in [-0.3, -0.25) is 19.7 Å². The Balaban J connectivity index is 1.45. The number of amides is 1. The lowest BCUT2D eigenvalue weighted by atomic mass is 9.92. The standard InChI is InChI=1S/C21H22N4O/c26-21(20-5-1-2-9-23-20)25-12-3-4-16(8-13-25)14-17-6-11-24-19-7-10-22-15-18(17)19/h1-2,5-7,9-11,15-16H,3-4,8,12-14H2/t16-/m0/s1. The number of aromatic nitrogens is 3. The van der Waals surface area contributed by atoms with Crippen LogP contribution in [0.4, 0.5) is 0 Å². The molecule has 5 heteroatoms. The van der Waals surface area contributed by atoms with Crippen LogP contribution in [0, 0.1) is 5.92 Å². The monoisotopic (exact) mass is 346 g/mol. The van der Waals surface area contributed by atoms with Crippen molar-refractivity contribution in [1.82, 2.24) is 19.9 Å². The van der Waals surface area contributed by atoms with Gasteiger partial charge in [-0.25, -0.2) is 0 Å². The lowest BCUT2D eigenvalue weighted by Crippen LogP contribution is -2.32. The van der Waals surface area contributed by atoms with E-state index >= 15 is 0 Å². The van der Waals surface area contributed by atoms with Gasteiger partial charge in [-0.1, -0.05) is 6.07 Å². The van der Waals surface area contributed by atoms with Crippen molar-refractivity contribution in [2.24, 2.45) is 5.92 Å². The van der Waals surface area contributed by atoms with Gasteiger partial charge in [0.1, 0.15) is 5.69 Å². The van der Waals surface area contributed by atoms with Gasteiger partial charge >= 0.3 is 0 Å². The highest BCUT2D eigenvalue weighted by atomic mass is 16.2. The minimum atomic E-state index is 0.0461. The van der Waals surface area contributed by atoms with Gasteiger partial charge in [0, 0.05) is 43.3 Å². The quantitative estimate of drug-likeness (QED) is 0.728. The van der Waals surface area contributed by atoms with E-state index in [0.717, 1.165) is 49.7 Å². The molecule has 1 saturated heterocycles. The molecule has 1 aliphatic rings. The van der Waals surface area contributed by atoms with E-state index in [0.29, 0.717) is 11.6 Å². The largest absolute Gasteiger partial charge is 0.337 e. The number of hydrogen-bond donors (Lipinski definition) is 0. The molecule has 1 amide bonds. The number of carbonyl (C=O) groups excluding carboxylic acids is 1. The van der Waals surface area contributed by atoms with Crippen LogP contribution in [0.2, 0.25) is 0 Å². The summed E-state index contributed by atoms with van der Waals surface area (Å²) in [6.45, 7) is 1.60. The fourth-order valence-electron chi connectivity index (χ4n) is 3.76. The van der Waals surface area contributed by atoms with Crippen molar-refractivity contribution in [1.29, 1.82) is 0 Å². The topological polar surface area (TPSA) is 59.0 Å². The summed E-state index contributed by atoms with van der Waals surface area (Å²) >= 11 is 0. The number of carbonyl (C=O) groups is 1. The number of fused-ring (bicyclic) bond motifs is 1. The lowest BCUT2D eigenvalue weighted by Gasteiger charge is -2.20. The Kier molecular flexibility index (Phi) is 4.86. The number of rotatable bonds is 3. The smallest absolute Gasteiger partial charge is 0.272 e. The highest BCUT2D eigenvalue weighted by Gasteiger charge is 2.22. The third-order valence-electron chi connectivity index (χ3n) is 5.16. The highest BCUT2D eigenvalue weighted by Crippen LogP contribution is 2.25. The van der Waals surface area contributed by atoms with Gasteiger partial charge in [-0.15, -0.1) is 0 Å². The molecular formula is C21H22N4O. The second kappa shape index (κ2) is 7.60. The lowest BCUT2D eigenvalue weighted by molar-refractivity contribution is 0.0754. The summed E-state index contributed by atoms with van der Waals surface area (Å²) in [5, 5.41) is 1.14. The predicted molar refractivity (Wildman–Crippen MR) is 101 cm³/mol. The molecule has 4 heterocycles. The van der Waals surface area contributed by atoms with Crippen LogP contribution >= 0.6 is 0 Å². The molecule has 3 aromatic heterocycles. The van der Waals surface area contributed by atoms with Gasteiger partial charge in [-0.2, -0.15) is 0 Å². The average Bonchev–Trinajstić information content (AvgIpc) is 2.94. The van der Waals surface area contributed by atoms with E-state index in [2.05, 4.69) is 21.0 Å². The first-order chi connectivity index (χ1) is 12.8. The van der Waals surface area contributed by atoms with Crippen LogP contribution in [0.15, 0.2) is 55.1 Å². The van der Waals surface area contributed by atoms with Gasteiger partial charge in [0.2, 0.25) is 0 Å². The number of pyridine rings is 3. The van der Waals surface area contributed by atoms with Gasteiger partial charge in [0.15, 0.2) is 0 Å². The minimum absolute atomic E-state index is 0.0461. The molecule has 5 nitrogen and oxygen atoms in total. The van der Waals surface area contributed by atoms with Gasteiger partial charge in [0.25, 0.3) is 5.91 Å². The van der Waals surface area contributed by atoms with Crippen molar-refractivity contribution < 1.29 is 4.79 Å². The maximum absolute atomic E-state index is 12.6. The van der Waals surface area contributed by atoms with Gasteiger partial charge < -0.3 is 4.90 Å². The molecule has 1 atom stereocenters. The van der Waals surface area contributed by atoms with Crippen molar-refractivity contribution >= 4 is 16.8 Å². The zero-order valence-electron chi connectivity index (χ0n) is 14.7. The van der Waals surface area contributed by atoms with E-state index in [9.17, 15) is 4.79 Å². The van der Waals surface area contributed by atoms with E-state index in [-0.39, 0.29) is 5.91 Å². The summed E-state index contributed by atoms with van der Waals surface area (Å²) in [5.41, 5.74) is 2.84. The van der Waals surface area contributed by atoms with Crippen LogP contribution in [0.25, 0.3) is 10.9 Å². The van der Waals surface area contributed by atoms with E-state index in [1.165, 1.54) is 5.56 Å². The summed E-state index contributed by atoms with van der Waals surface area (Å²) in [7, 11) is 0. The Morgan fingerprint density at radius 3 is 2.88 bits per heavy atom. The summed E-state index contributed by atoms with van der Waals surface area (Å²) in [4.78, 5) is 27.5. The Labute approximate surface area is 153 Å². The molecule has 1 fully saturated rings. The molecule has 0 spiro atoms. The highest BCUT2D eigenvalue weighted by molar-refractivity contribution is 5.92. The Bertz CT molecular complexity index is 891. The van der Waals surface area contributed by atoms with Gasteiger partial charge in [-0.05, 0) is 61.4 Å². The molecule has 0 radical (unpaired) electrons. The summed E-state index contributed by atoms with van der Waals surface area (Å²) < 4.78 is 0. The Morgan fingerprint density at radius 2 is 2.00 bits per heavy atom. The molecule has 0 saturated carbocycles. The average molecular weight is 346 g/mol. The third-order valence-corrected chi connectivity index (χ3v) is 5.16. The first-order valence-corrected chi connectivity index (χ1v) is 9.19. The fraction of sp³-hybridized carbons (Fsp3) is 0.333. The zero-order chi connectivity index (χ0) is 17.8. The molecule has 0 aliphatic carbocycles. The fourth-order valence-corrected chi connectivity index (χ4v) is 3.76. The minimum Gasteiger partial charge on any atom is -0.337 e. The second-order valence-corrected chi connectivity index (χ2v) is 6.87. The van der Waals surface area contributed by atoms with Crippen molar-refractivity contribution in [3.8, 4) is 0 Å². The molecule has 0 aromatic carbocycles. The van der Waals surface area contributed by atoms with E-state index in [1.807, 2.05) is 35.5 Å². The van der Waals surface area contributed by atoms with Crippen molar-refractivity contribution in [2.45, 2.75) is 25.7 Å². The Hall–Kier alpha value is -2.82.